The normalized spacial score (nSPS) is 18.4. The molecule has 34 heavy (non-hydrogen) atoms. The van der Waals surface area contributed by atoms with Gasteiger partial charge in [-0.3, -0.25) is 24.2 Å². The summed E-state index contributed by atoms with van der Waals surface area (Å²) in [4.78, 5) is 33.9. The van der Waals surface area contributed by atoms with Crippen LogP contribution in [-0.4, -0.2) is 80.7 Å². The Kier molecular flexibility index (Phi) is 7.03. The number of nitrogen functional groups attached to an aromatic ring is 2. The summed E-state index contributed by atoms with van der Waals surface area (Å²) in [6, 6.07) is -0.755. The summed E-state index contributed by atoms with van der Waals surface area (Å²) >= 11 is 1.04. The van der Waals surface area contributed by atoms with Gasteiger partial charge < -0.3 is 26.4 Å². The van der Waals surface area contributed by atoms with Crippen LogP contribution in [-0.2, 0) is 31.8 Å². The van der Waals surface area contributed by atoms with E-state index in [1.54, 1.807) is 7.05 Å². The first-order chi connectivity index (χ1) is 15.9. The fraction of sp³-hybridized carbons (Fsp3) is 0.375. The zero-order valence-electron chi connectivity index (χ0n) is 17.8. The molecule has 16 nitrogen and oxygen atoms in total. The third-order valence-electron chi connectivity index (χ3n) is 4.56. The Morgan fingerprint density at radius 2 is 2.15 bits per heavy atom. The summed E-state index contributed by atoms with van der Waals surface area (Å²) in [6.45, 7) is 1.20. The van der Waals surface area contributed by atoms with E-state index in [1.807, 2.05) is 0 Å². The zero-order chi connectivity index (χ0) is 25.2. The van der Waals surface area contributed by atoms with Gasteiger partial charge in [0.05, 0.1) is 6.04 Å². The number of carbonyl (C=O) groups is 2. The van der Waals surface area contributed by atoms with Gasteiger partial charge in [0.1, 0.15) is 29.9 Å². The average Bonchev–Trinajstić information content (AvgIpc) is 3.33. The lowest BCUT2D eigenvalue weighted by molar-refractivity contribution is -0.143. The lowest BCUT2D eigenvalue weighted by atomic mass is 10.0. The van der Waals surface area contributed by atoms with Gasteiger partial charge in [-0.2, -0.15) is 8.42 Å². The van der Waals surface area contributed by atoms with Gasteiger partial charge in [-0.1, -0.05) is 5.16 Å². The van der Waals surface area contributed by atoms with Crippen LogP contribution in [0.15, 0.2) is 16.6 Å². The predicted molar refractivity (Wildman–Crippen MR) is 119 cm³/mol. The van der Waals surface area contributed by atoms with Crippen LogP contribution in [0.1, 0.15) is 18.3 Å². The molecule has 1 aliphatic rings. The molecule has 3 rings (SSSR count). The molecule has 1 fully saturated rings. The molecule has 2 aromatic rings. The van der Waals surface area contributed by atoms with Crippen LogP contribution in [0.4, 0.5) is 5.13 Å². The van der Waals surface area contributed by atoms with Crippen molar-refractivity contribution in [3.8, 4) is 5.88 Å². The number of β-lactam (4-membered cyclic amide) rings is 1. The van der Waals surface area contributed by atoms with Crippen molar-refractivity contribution in [1.29, 1.82) is 5.41 Å². The molecule has 0 aromatic carbocycles. The molecule has 2 amide bonds. The Morgan fingerprint density at radius 1 is 1.44 bits per heavy atom. The molecule has 18 heteroatoms. The molecular weight excluding hydrogens is 494 g/mol. The molecular formula is C16H21N9O7S2. The van der Waals surface area contributed by atoms with E-state index in [9.17, 15) is 18.0 Å². The molecule has 0 radical (unpaired) electrons. The fourth-order valence-electron chi connectivity index (χ4n) is 2.97. The Balaban J connectivity index is 1.63. The number of anilines is 1. The van der Waals surface area contributed by atoms with E-state index in [0.29, 0.717) is 5.69 Å². The average molecular weight is 516 g/mol. The Bertz CT molecular complexity index is 1250. The minimum atomic E-state index is -4.74. The summed E-state index contributed by atoms with van der Waals surface area (Å²) in [5, 5.41) is 19.2. The van der Waals surface area contributed by atoms with Gasteiger partial charge in [-0.05, 0) is 6.92 Å². The number of aryl methyl sites for hydroxylation is 1. The van der Waals surface area contributed by atoms with Crippen molar-refractivity contribution < 1.29 is 32.1 Å². The number of thiazole rings is 1. The summed E-state index contributed by atoms with van der Waals surface area (Å²) < 4.78 is 38.5. The number of amides is 2. The third-order valence-corrected chi connectivity index (χ3v) is 6.25. The van der Waals surface area contributed by atoms with Crippen LogP contribution >= 0.6 is 11.3 Å². The second kappa shape index (κ2) is 9.61. The highest BCUT2D eigenvalue weighted by atomic mass is 32.2. The molecule has 3 heterocycles. The first-order valence-electron chi connectivity index (χ1n) is 9.44. The Hall–Kier alpha value is -3.77. The van der Waals surface area contributed by atoms with E-state index in [-0.39, 0.29) is 45.8 Å². The lowest BCUT2D eigenvalue weighted by Crippen LogP contribution is -2.71. The van der Waals surface area contributed by atoms with Crippen LogP contribution in [0.3, 0.4) is 0 Å². The molecule has 0 unspecified atom stereocenters. The Morgan fingerprint density at radius 3 is 2.68 bits per heavy atom. The molecule has 2 aromatic heterocycles. The maximum atomic E-state index is 12.7. The molecule has 0 bridgehead atoms. The number of amidine groups is 1. The molecule has 7 N–H and O–H groups in total. The van der Waals surface area contributed by atoms with Crippen LogP contribution in [0.25, 0.3) is 0 Å². The van der Waals surface area contributed by atoms with Gasteiger partial charge >= 0.3 is 10.3 Å². The van der Waals surface area contributed by atoms with Crippen molar-refractivity contribution in [2.75, 3.05) is 18.9 Å². The van der Waals surface area contributed by atoms with Gasteiger partial charge in [-0.15, -0.1) is 16.4 Å². The fourth-order valence-corrected chi connectivity index (χ4v) is 4.40. The summed E-state index contributed by atoms with van der Waals surface area (Å²) in [6.07, 6.45) is 0. The van der Waals surface area contributed by atoms with Gasteiger partial charge in [0.2, 0.25) is 5.88 Å². The van der Waals surface area contributed by atoms with Crippen LogP contribution in [0, 0.1) is 5.41 Å². The number of hydrogen-bond donors (Lipinski definition) is 5. The highest BCUT2D eigenvalue weighted by Gasteiger charge is 2.51. The number of hydrogen-bond acceptors (Lipinski definition) is 12. The standard InChI is InChI=1S/C16H21N9O7S2/c1-7-11(15(27)25(7)34(28,29)30)21-14(26)12(8-6-33-16(19)20-8)23-32-4-3-31-10-5-9(13(17)18)24(2)22-10/h5-7,11H,3-4H2,1-2H3,(H3,17,18)(H2,19,20)(H,21,26)(H,28,29,30)/t7-,11-/m0/s1. The number of rotatable bonds is 10. The summed E-state index contributed by atoms with van der Waals surface area (Å²) in [7, 11) is -3.15. The highest BCUT2D eigenvalue weighted by Crippen LogP contribution is 2.23. The van der Waals surface area contributed by atoms with Crippen molar-refractivity contribution in [3.63, 3.8) is 0 Å². The van der Waals surface area contributed by atoms with Crippen LogP contribution in [0.2, 0.25) is 0 Å². The minimum Gasteiger partial charge on any atom is -0.473 e. The van der Waals surface area contributed by atoms with Crippen LogP contribution in [0.5, 0.6) is 5.88 Å². The molecule has 184 valence electrons. The zero-order valence-corrected chi connectivity index (χ0v) is 19.5. The Labute approximate surface area is 196 Å². The number of nitrogens with one attached hydrogen (secondary N) is 2. The molecule has 1 saturated heterocycles. The smallest absolute Gasteiger partial charge is 0.362 e. The van der Waals surface area contributed by atoms with Crippen molar-refractivity contribution in [2.24, 2.45) is 17.9 Å². The van der Waals surface area contributed by atoms with Crippen LogP contribution < -0.4 is 21.5 Å². The first kappa shape index (κ1) is 24.9. The number of nitrogens with two attached hydrogens (primary N) is 2. The SMILES string of the molecule is C[C@H]1[C@H](NC(=O)C(=NOCCOc2cc(C(=N)N)n(C)n2)c2csc(N)n2)C(=O)N1S(=O)(=O)O. The minimum absolute atomic E-state index is 0.0204. The summed E-state index contributed by atoms with van der Waals surface area (Å²) in [5.41, 5.74) is 11.2. The maximum absolute atomic E-state index is 12.7. The number of carbonyl (C=O) groups excluding carboxylic acids is 2. The molecule has 0 aliphatic carbocycles. The van der Waals surface area contributed by atoms with E-state index in [4.69, 9.17) is 31.0 Å². The first-order valence-corrected chi connectivity index (χ1v) is 11.7. The van der Waals surface area contributed by atoms with Crippen molar-refractivity contribution in [3.05, 3.63) is 22.8 Å². The quantitative estimate of drug-likeness (QED) is 0.0582. The van der Waals surface area contributed by atoms with E-state index in [0.717, 1.165) is 11.3 Å². The number of ether oxygens (including phenoxy) is 1. The number of oxime groups is 1. The van der Waals surface area contributed by atoms with Gasteiger partial charge in [0, 0.05) is 18.5 Å². The highest BCUT2D eigenvalue weighted by molar-refractivity contribution is 7.84. The second-order valence-electron chi connectivity index (χ2n) is 6.90. The molecule has 2 atom stereocenters. The van der Waals surface area contributed by atoms with E-state index in [1.165, 1.54) is 23.1 Å². The van der Waals surface area contributed by atoms with Gasteiger partial charge in [0.25, 0.3) is 11.8 Å². The van der Waals surface area contributed by atoms with E-state index < -0.39 is 34.2 Å². The molecule has 1 aliphatic heterocycles. The van der Waals surface area contributed by atoms with Crippen molar-refractivity contribution in [1.82, 2.24) is 24.4 Å². The van der Waals surface area contributed by atoms with E-state index >= 15 is 0 Å². The van der Waals surface area contributed by atoms with Gasteiger partial charge in [0.15, 0.2) is 17.5 Å². The summed E-state index contributed by atoms with van der Waals surface area (Å²) in [5.74, 6) is -1.86. The van der Waals surface area contributed by atoms with Crippen molar-refractivity contribution >= 4 is 50.1 Å². The maximum Gasteiger partial charge on any atom is 0.362 e. The molecule has 0 saturated carbocycles. The lowest BCUT2D eigenvalue weighted by Gasteiger charge is -2.42. The van der Waals surface area contributed by atoms with E-state index in [2.05, 4.69) is 20.6 Å². The third kappa shape index (κ3) is 5.24. The second-order valence-corrected chi connectivity index (χ2v) is 9.08. The molecule has 0 spiro atoms. The largest absolute Gasteiger partial charge is 0.473 e. The number of nitrogens with zero attached hydrogens (tertiary/aromatic N) is 5. The number of aromatic nitrogens is 3. The monoisotopic (exact) mass is 515 g/mol. The topological polar surface area (TPSA) is 241 Å². The van der Waals surface area contributed by atoms with Gasteiger partial charge in [-0.25, -0.2) is 9.29 Å². The van der Waals surface area contributed by atoms with Crippen molar-refractivity contribution in [2.45, 2.75) is 19.0 Å². The predicted octanol–water partition coefficient (Wildman–Crippen LogP) is -1.94.